The van der Waals surface area contributed by atoms with Crippen molar-refractivity contribution in [2.45, 2.75) is 19.9 Å². The van der Waals surface area contributed by atoms with Gasteiger partial charge in [-0.2, -0.15) is 0 Å². The summed E-state index contributed by atoms with van der Waals surface area (Å²) in [7, 11) is 1.64. The summed E-state index contributed by atoms with van der Waals surface area (Å²) >= 11 is 0. The lowest BCUT2D eigenvalue weighted by Gasteiger charge is -2.21. The minimum atomic E-state index is 0.159. The minimum Gasteiger partial charge on any atom is -0.497 e. The lowest BCUT2D eigenvalue weighted by molar-refractivity contribution is -0.131. The van der Waals surface area contributed by atoms with E-state index in [1.165, 1.54) is 0 Å². The highest BCUT2D eigenvalue weighted by atomic mass is 16.5. The van der Waals surface area contributed by atoms with Crippen LogP contribution in [0.2, 0.25) is 0 Å². The van der Waals surface area contributed by atoms with Crippen LogP contribution in [0, 0.1) is 0 Å². The molecular formula is C19H24N2O2. The average Bonchev–Trinajstić information content (AvgIpc) is 2.60. The summed E-state index contributed by atoms with van der Waals surface area (Å²) < 4.78 is 5.19. The van der Waals surface area contributed by atoms with Crippen LogP contribution in [-0.4, -0.2) is 31.0 Å². The van der Waals surface area contributed by atoms with E-state index >= 15 is 0 Å². The van der Waals surface area contributed by atoms with Crippen molar-refractivity contribution >= 4 is 11.6 Å². The maximum absolute atomic E-state index is 12.4. The van der Waals surface area contributed by atoms with Crippen LogP contribution in [0.3, 0.4) is 0 Å². The van der Waals surface area contributed by atoms with Crippen molar-refractivity contribution in [3.63, 3.8) is 0 Å². The molecule has 2 rings (SSSR count). The first kappa shape index (κ1) is 16.9. The number of benzene rings is 2. The summed E-state index contributed by atoms with van der Waals surface area (Å²) in [6.45, 7) is 4.00. The Bertz CT molecular complexity index is 614. The van der Waals surface area contributed by atoms with E-state index < -0.39 is 0 Å². The Labute approximate surface area is 138 Å². The van der Waals surface area contributed by atoms with Gasteiger partial charge in [-0.05, 0) is 24.6 Å². The molecule has 0 atom stereocenters. The van der Waals surface area contributed by atoms with Crippen LogP contribution < -0.4 is 10.1 Å². The topological polar surface area (TPSA) is 41.6 Å². The summed E-state index contributed by atoms with van der Waals surface area (Å²) in [5, 5.41) is 3.27. The zero-order valence-corrected chi connectivity index (χ0v) is 13.8. The number of methoxy groups -OCH3 is 1. The molecule has 0 bridgehead atoms. The van der Waals surface area contributed by atoms with E-state index in [0.29, 0.717) is 26.1 Å². The molecule has 0 unspecified atom stereocenters. The smallest absolute Gasteiger partial charge is 0.224 e. The normalized spacial score (nSPS) is 10.2. The van der Waals surface area contributed by atoms with E-state index in [0.717, 1.165) is 17.0 Å². The average molecular weight is 312 g/mol. The number of ether oxygens (including phenoxy) is 1. The van der Waals surface area contributed by atoms with Crippen LogP contribution in [0.25, 0.3) is 0 Å². The van der Waals surface area contributed by atoms with Crippen molar-refractivity contribution in [1.82, 2.24) is 4.90 Å². The Morgan fingerprint density at radius 2 is 1.91 bits per heavy atom. The number of nitrogens with zero attached hydrogens (tertiary/aromatic N) is 1. The molecule has 2 aromatic carbocycles. The van der Waals surface area contributed by atoms with Gasteiger partial charge in [-0.1, -0.05) is 36.4 Å². The third-order valence-corrected chi connectivity index (χ3v) is 3.69. The Hall–Kier alpha value is -2.49. The van der Waals surface area contributed by atoms with Crippen LogP contribution in [0.5, 0.6) is 5.75 Å². The molecule has 0 aliphatic rings. The molecule has 0 aliphatic carbocycles. The molecule has 4 nitrogen and oxygen atoms in total. The fourth-order valence-electron chi connectivity index (χ4n) is 2.39. The van der Waals surface area contributed by atoms with Crippen LogP contribution in [-0.2, 0) is 11.3 Å². The maximum atomic E-state index is 12.4. The van der Waals surface area contributed by atoms with E-state index in [1.807, 2.05) is 66.4 Å². The second-order valence-electron chi connectivity index (χ2n) is 5.30. The standard InChI is InChI=1S/C19H24N2O2/c1-3-21(15-16-8-5-4-6-9-16)19(22)12-13-20-17-10-7-11-18(14-17)23-2/h4-11,14,20H,3,12-13,15H2,1-2H3. The van der Waals surface area contributed by atoms with Gasteiger partial charge in [0.15, 0.2) is 0 Å². The lowest BCUT2D eigenvalue weighted by Crippen LogP contribution is -2.31. The number of carbonyl (C=O) groups is 1. The van der Waals surface area contributed by atoms with Gasteiger partial charge in [0.1, 0.15) is 5.75 Å². The second kappa shape index (κ2) is 8.83. The third kappa shape index (κ3) is 5.33. The minimum absolute atomic E-state index is 0.159. The number of carbonyl (C=O) groups excluding carboxylic acids is 1. The fourth-order valence-corrected chi connectivity index (χ4v) is 2.39. The van der Waals surface area contributed by atoms with Crippen molar-refractivity contribution in [1.29, 1.82) is 0 Å². The largest absolute Gasteiger partial charge is 0.497 e. The van der Waals surface area contributed by atoms with Crippen LogP contribution in [0.1, 0.15) is 18.9 Å². The molecular weight excluding hydrogens is 288 g/mol. The highest BCUT2D eigenvalue weighted by Gasteiger charge is 2.11. The number of amides is 1. The summed E-state index contributed by atoms with van der Waals surface area (Å²) in [6, 6.07) is 17.8. The molecule has 0 saturated heterocycles. The number of anilines is 1. The van der Waals surface area contributed by atoms with Gasteiger partial charge in [-0.25, -0.2) is 0 Å². The fraction of sp³-hybridized carbons (Fsp3) is 0.316. The zero-order chi connectivity index (χ0) is 16.5. The molecule has 0 spiro atoms. The molecule has 0 radical (unpaired) electrons. The number of hydrogen-bond acceptors (Lipinski definition) is 3. The van der Waals surface area contributed by atoms with Crippen molar-refractivity contribution in [3.05, 3.63) is 60.2 Å². The van der Waals surface area contributed by atoms with Gasteiger partial charge in [0.2, 0.25) is 5.91 Å². The van der Waals surface area contributed by atoms with E-state index in [-0.39, 0.29) is 5.91 Å². The summed E-state index contributed by atoms with van der Waals surface area (Å²) in [5.41, 5.74) is 2.12. The molecule has 122 valence electrons. The highest BCUT2D eigenvalue weighted by Crippen LogP contribution is 2.16. The molecule has 1 amide bonds. The molecule has 4 heteroatoms. The number of rotatable bonds is 8. The maximum Gasteiger partial charge on any atom is 0.224 e. The van der Waals surface area contributed by atoms with Crippen molar-refractivity contribution in [3.8, 4) is 5.75 Å². The molecule has 23 heavy (non-hydrogen) atoms. The van der Waals surface area contributed by atoms with Gasteiger partial charge in [0.25, 0.3) is 0 Å². The van der Waals surface area contributed by atoms with Crippen molar-refractivity contribution in [2.75, 3.05) is 25.5 Å². The van der Waals surface area contributed by atoms with Crippen LogP contribution >= 0.6 is 0 Å². The van der Waals surface area contributed by atoms with Gasteiger partial charge in [-0.3, -0.25) is 4.79 Å². The first-order valence-corrected chi connectivity index (χ1v) is 7.92. The molecule has 0 saturated carbocycles. The third-order valence-electron chi connectivity index (χ3n) is 3.69. The van der Waals surface area contributed by atoms with E-state index in [1.54, 1.807) is 7.11 Å². The van der Waals surface area contributed by atoms with Crippen molar-refractivity contribution < 1.29 is 9.53 Å². The van der Waals surface area contributed by atoms with Gasteiger partial charge >= 0.3 is 0 Å². The quantitative estimate of drug-likeness (QED) is 0.810. The Morgan fingerprint density at radius 3 is 2.61 bits per heavy atom. The first-order chi connectivity index (χ1) is 11.2. The molecule has 2 aromatic rings. The molecule has 0 fully saturated rings. The van der Waals surface area contributed by atoms with E-state index in [4.69, 9.17) is 4.74 Å². The van der Waals surface area contributed by atoms with Gasteiger partial charge in [0.05, 0.1) is 7.11 Å². The Kier molecular flexibility index (Phi) is 6.48. The van der Waals surface area contributed by atoms with Crippen molar-refractivity contribution in [2.24, 2.45) is 0 Å². The van der Waals surface area contributed by atoms with Gasteiger partial charge in [0, 0.05) is 37.8 Å². The molecule has 1 N–H and O–H groups in total. The summed E-state index contributed by atoms with van der Waals surface area (Å²) in [6.07, 6.45) is 0.470. The zero-order valence-electron chi connectivity index (χ0n) is 13.8. The van der Waals surface area contributed by atoms with E-state index in [2.05, 4.69) is 5.32 Å². The highest BCUT2D eigenvalue weighted by molar-refractivity contribution is 5.76. The SMILES string of the molecule is CCN(Cc1ccccc1)C(=O)CCNc1cccc(OC)c1. The summed E-state index contributed by atoms with van der Waals surface area (Å²) in [5.74, 6) is 0.965. The molecule has 0 heterocycles. The second-order valence-corrected chi connectivity index (χ2v) is 5.30. The number of hydrogen-bond donors (Lipinski definition) is 1. The molecule has 0 aliphatic heterocycles. The number of nitrogens with one attached hydrogen (secondary N) is 1. The monoisotopic (exact) mass is 312 g/mol. The van der Waals surface area contributed by atoms with Gasteiger partial charge < -0.3 is 15.0 Å². The van der Waals surface area contributed by atoms with Gasteiger partial charge in [-0.15, -0.1) is 0 Å². The lowest BCUT2D eigenvalue weighted by atomic mass is 10.2. The Morgan fingerprint density at radius 1 is 1.13 bits per heavy atom. The predicted molar refractivity (Wildman–Crippen MR) is 93.6 cm³/mol. The van der Waals surface area contributed by atoms with Crippen LogP contribution in [0.4, 0.5) is 5.69 Å². The van der Waals surface area contributed by atoms with Crippen LogP contribution in [0.15, 0.2) is 54.6 Å². The molecule has 0 aromatic heterocycles. The van der Waals surface area contributed by atoms with E-state index in [9.17, 15) is 4.79 Å². The first-order valence-electron chi connectivity index (χ1n) is 7.92. The summed E-state index contributed by atoms with van der Waals surface area (Å²) in [4.78, 5) is 14.2. The predicted octanol–water partition coefficient (Wildman–Crippen LogP) is 3.55. The Balaban J connectivity index is 1.82.